The second-order valence-corrected chi connectivity index (χ2v) is 5.11. The van der Waals surface area contributed by atoms with Crippen LogP contribution in [0, 0.1) is 0 Å². The number of nitrogens with one attached hydrogen (secondary N) is 1. The van der Waals surface area contributed by atoms with Gasteiger partial charge in [-0.2, -0.15) is 0 Å². The van der Waals surface area contributed by atoms with E-state index in [2.05, 4.69) is 34.6 Å². The normalized spacial score (nSPS) is 12.4. The maximum Gasteiger partial charge on any atom is 0.124 e. The topological polar surface area (TPSA) is 34.2 Å². The Morgan fingerprint density at radius 1 is 1.10 bits per heavy atom. The van der Waals surface area contributed by atoms with Crippen LogP contribution in [-0.2, 0) is 6.42 Å². The van der Waals surface area contributed by atoms with Gasteiger partial charge in [-0.3, -0.25) is 4.98 Å². The molecule has 0 aliphatic heterocycles. The second-order valence-electron chi connectivity index (χ2n) is 5.11. The summed E-state index contributed by atoms with van der Waals surface area (Å²) < 4.78 is 5.91. The first-order valence-electron chi connectivity index (χ1n) is 7.02. The van der Waals surface area contributed by atoms with Crippen LogP contribution < -0.4 is 10.1 Å². The van der Waals surface area contributed by atoms with Crippen molar-refractivity contribution in [1.29, 1.82) is 0 Å². The van der Waals surface area contributed by atoms with Crippen molar-refractivity contribution < 1.29 is 4.74 Å². The first kappa shape index (κ1) is 14.5. The maximum absolute atomic E-state index is 5.91. The van der Waals surface area contributed by atoms with Crippen LogP contribution in [0.2, 0.25) is 0 Å². The molecule has 1 N–H and O–H groups in total. The number of likely N-dealkylation sites (N-methyl/N-ethyl adjacent to an activating group) is 1. The van der Waals surface area contributed by atoms with E-state index in [9.17, 15) is 0 Å². The van der Waals surface area contributed by atoms with Crippen LogP contribution >= 0.6 is 0 Å². The summed E-state index contributed by atoms with van der Waals surface area (Å²) in [7, 11) is 1.98. The number of pyridine rings is 1. The summed E-state index contributed by atoms with van der Waals surface area (Å²) in [4.78, 5) is 4.06. The molecule has 1 aromatic heterocycles. The van der Waals surface area contributed by atoms with E-state index >= 15 is 0 Å². The Hall–Kier alpha value is -1.87. The number of rotatable bonds is 6. The minimum Gasteiger partial charge on any atom is -0.491 e. The Kier molecular flexibility index (Phi) is 5.13. The van der Waals surface area contributed by atoms with Crippen LogP contribution in [0.25, 0.3) is 0 Å². The van der Waals surface area contributed by atoms with Gasteiger partial charge in [-0.05, 0) is 51.1 Å². The number of para-hydroxylation sites is 1. The fraction of sp³-hybridized carbons (Fsp3) is 0.353. The minimum absolute atomic E-state index is 0.176. The summed E-state index contributed by atoms with van der Waals surface area (Å²) in [5.74, 6) is 0.955. The van der Waals surface area contributed by atoms with Crippen molar-refractivity contribution >= 4 is 0 Å². The predicted molar refractivity (Wildman–Crippen MR) is 81.9 cm³/mol. The molecule has 0 spiro atoms. The number of hydrogen-bond acceptors (Lipinski definition) is 3. The van der Waals surface area contributed by atoms with Crippen LogP contribution in [0.1, 0.15) is 31.0 Å². The van der Waals surface area contributed by atoms with Gasteiger partial charge < -0.3 is 10.1 Å². The zero-order chi connectivity index (χ0) is 14.4. The summed E-state index contributed by atoms with van der Waals surface area (Å²) in [6.07, 6.45) is 4.75. The third kappa shape index (κ3) is 3.81. The lowest BCUT2D eigenvalue weighted by Crippen LogP contribution is -2.20. The summed E-state index contributed by atoms with van der Waals surface area (Å²) in [6, 6.07) is 12.6. The molecule has 106 valence electrons. The van der Waals surface area contributed by atoms with E-state index in [4.69, 9.17) is 4.74 Å². The largest absolute Gasteiger partial charge is 0.491 e. The smallest absolute Gasteiger partial charge is 0.124 e. The molecule has 0 aliphatic carbocycles. The molecule has 0 bridgehead atoms. The lowest BCUT2D eigenvalue weighted by Gasteiger charge is -2.21. The third-order valence-electron chi connectivity index (χ3n) is 3.19. The zero-order valence-electron chi connectivity index (χ0n) is 12.3. The lowest BCUT2D eigenvalue weighted by atomic mass is 9.99. The van der Waals surface area contributed by atoms with Gasteiger partial charge >= 0.3 is 0 Å². The van der Waals surface area contributed by atoms with Gasteiger partial charge in [0.15, 0.2) is 0 Å². The molecule has 0 fully saturated rings. The Bertz CT molecular complexity index is 526. The molecule has 3 nitrogen and oxygen atoms in total. The summed E-state index contributed by atoms with van der Waals surface area (Å²) >= 11 is 0. The van der Waals surface area contributed by atoms with Gasteiger partial charge in [-0.25, -0.2) is 0 Å². The van der Waals surface area contributed by atoms with Crippen molar-refractivity contribution in [3.63, 3.8) is 0 Å². The Morgan fingerprint density at radius 2 is 1.80 bits per heavy atom. The van der Waals surface area contributed by atoms with Crippen molar-refractivity contribution in [2.75, 3.05) is 7.05 Å². The van der Waals surface area contributed by atoms with Gasteiger partial charge in [0.05, 0.1) is 6.10 Å². The van der Waals surface area contributed by atoms with Crippen LogP contribution in [0.3, 0.4) is 0 Å². The van der Waals surface area contributed by atoms with E-state index < -0.39 is 0 Å². The van der Waals surface area contributed by atoms with Crippen LogP contribution in [0.5, 0.6) is 5.75 Å². The number of hydrogen-bond donors (Lipinski definition) is 1. The molecule has 3 heteroatoms. The maximum atomic E-state index is 5.91. The molecule has 0 radical (unpaired) electrons. The Balaban J connectivity index is 2.23. The fourth-order valence-electron chi connectivity index (χ4n) is 2.25. The highest BCUT2D eigenvalue weighted by Crippen LogP contribution is 2.28. The van der Waals surface area contributed by atoms with Gasteiger partial charge in [-0.15, -0.1) is 0 Å². The number of benzene rings is 1. The molecule has 0 saturated heterocycles. The van der Waals surface area contributed by atoms with Crippen molar-refractivity contribution in [3.05, 3.63) is 59.9 Å². The third-order valence-corrected chi connectivity index (χ3v) is 3.19. The summed E-state index contributed by atoms with van der Waals surface area (Å²) in [6.45, 7) is 4.10. The number of aromatic nitrogens is 1. The van der Waals surface area contributed by atoms with Gasteiger partial charge in [0, 0.05) is 24.0 Å². The average molecular weight is 270 g/mol. The van der Waals surface area contributed by atoms with Gasteiger partial charge in [-0.1, -0.05) is 18.2 Å². The predicted octanol–water partition coefficient (Wildman–Crippen LogP) is 3.37. The molecular formula is C17H22N2O. The Morgan fingerprint density at radius 3 is 2.45 bits per heavy atom. The van der Waals surface area contributed by atoms with Gasteiger partial charge in [0.25, 0.3) is 0 Å². The molecule has 1 heterocycles. The van der Waals surface area contributed by atoms with E-state index in [-0.39, 0.29) is 12.1 Å². The average Bonchev–Trinajstić information content (AvgIpc) is 2.46. The zero-order valence-corrected chi connectivity index (χ0v) is 12.3. The van der Waals surface area contributed by atoms with Crippen molar-refractivity contribution in [1.82, 2.24) is 10.3 Å². The molecule has 0 amide bonds. The van der Waals surface area contributed by atoms with Gasteiger partial charge in [0.1, 0.15) is 5.75 Å². The van der Waals surface area contributed by atoms with Crippen molar-refractivity contribution in [2.24, 2.45) is 0 Å². The van der Waals surface area contributed by atoms with E-state index in [1.165, 1.54) is 11.1 Å². The molecule has 0 saturated carbocycles. The lowest BCUT2D eigenvalue weighted by molar-refractivity contribution is 0.238. The first-order valence-corrected chi connectivity index (χ1v) is 7.02. The van der Waals surface area contributed by atoms with Crippen LogP contribution in [0.15, 0.2) is 48.8 Å². The van der Waals surface area contributed by atoms with E-state index in [1.807, 2.05) is 45.4 Å². The quantitative estimate of drug-likeness (QED) is 0.874. The van der Waals surface area contributed by atoms with Crippen LogP contribution in [-0.4, -0.2) is 18.1 Å². The molecule has 1 atom stereocenters. The summed E-state index contributed by atoms with van der Waals surface area (Å²) in [5.41, 5.74) is 2.46. The monoisotopic (exact) mass is 270 g/mol. The minimum atomic E-state index is 0.176. The number of ether oxygens (including phenoxy) is 1. The van der Waals surface area contributed by atoms with E-state index in [0.717, 1.165) is 12.2 Å². The highest BCUT2D eigenvalue weighted by molar-refractivity contribution is 5.37. The Labute approximate surface area is 121 Å². The standard InChI is InChI=1S/C17H22N2O/c1-13(2)20-17-7-5-4-6-15(17)16(18-3)12-14-8-10-19-11-9-14/h4-11,13,16,18H,12H2,1-3H3. The molecule has 1 aromatic carbocycles. The van der Waals surface area contributed by atoms with Crippen molar-refractivity contribution in [2.45, 2.75) is 32.4 Å². The molecule has 2 rings (SSSR count). The molecule has 0 aliphatic rings. The second kappa shape index (κ2) is 7.06. The van der Waals surface area contributed by atoms with Crippen molar-refractivity contribution in [3.8, 4) is 5.75 Å². The highest BCUT2D eigenvalue weighted by Gasteiger charge is 2.15. The summed E-state index contributed by atoms with van der Waals surface area (Å²) in [5, 5.41) is 3.38. The van der Waals surface area contributed by atoms with E-state index in [1.54, 1.807) is 0 Å². The molecule has 2 aromatic rings. The first-order chi connectivity index (χ1) is 9.70. The SMILES string of the molecule is CNC(Cc1ccncc1)c1ccccc1OC(C)C. The molecule has 1 unspecified atom stereocenters. The fourth-order valence-corrected chi connectivity index (χ4v) is 2.25. The van der Waals surface area contributed by atoms with E-state index in [0.29, 0.717) is 0 Å². The highest BCUT2D eigenvalue weighted by atomic mass is 16.5. The number of nitrogens with zero attached hydrogens (tertiary/aromatic N) is 1. The molecule has 20 heavy (non-hydrogen) atoms. The van der Waals surface area contributed by atoms with Gasteiger partial charge in [0.2, 0.25) is 0 Å². The molecular weight excluding hydrogens is 248 g/mol. The van der Waals surface area contributed by atoms with Crippen LogP contribution in [0.4, 0.5) is 0 Å².